The van der Waals surface area contributed by atoms with Gasteiger partial charge in [-0.1, -0.05) is 60.2 Å². The zero-order valence-electron chi connectivity index (χ0n) is 13.0. The molecule has 0 bridgehead atoms. The van der Waals surface area contributed by atoms with Gasteiger partial charge >= 0.3 is 11.9 Å². The van der Waals surface area contributed by atoms with Crippen molar-refractivity contribution in [1.82, 2.24) is 5.32 Å². The zero-order valence-corrected chi connectivity index (χ0v) is 13.0. The molecule has 0 spiro atoms. The van der Waals surface area contributed by atoms with E-state index in [4.69, 9.17) is 19.8 Å². The summed E-state index contributed by atoms with van der Waals surface area (Å²) in [4.78, 5) is 18.2. The summed E-state index contributed by atoms with van der Waals surface area (Å²) in [6, 6.07) is 19.3. The summed E-state index contributed by atoms with van der Waals surface area (Å²) < 4.78 is 0. The molecule has 0 heterocycles. The summed E-state index contributed by atoms with van der Waals surface area (Å²) in [5.41, 5.74) is 4.06. The van der Waals surface area contributed by atoms with Crippen LogP contribution in [0.4, 0.5) is 0 Å². The molecule has 0 aromatic heterocycles. The summed E-state index contributed by atoms with van der Waals surface area (Å²) in [7, 11) is 0. The van der Waals surface area contributed by atoms with Gasteiger partial charge in [0.2, 0.25) is 0 Å². The monoisotopic (exact) mass is 315 g/mol. The molecular formula is C18H21NO4. The van der Waals surface area contributed by atoms with E-state index in [0.29, 0.717) is 0 Å². The Labute approximate surface area is 135 Å². The van der Waals surface area contributed by atoms with Crippen LogP contribution >= 0.6 is 0 Å². The first-order valence-electron chi connectivity index (χ1n) is 7.25. The Hall–Kier alpha value is -2.66. The van der Waals surface area contributed by atoms with Gasteiger partial charge in [-0.05, 0) is 31.0 Å². The van der Waals surface area contributed by atoms with Crippen molar-refractivity contribution in [3.8, 4) is 0 Å². The molecule has 0 saturated carbocycles. The topological polar surface area (TPSA) is 86.6 Å². The van der Waals surface area contributed by atoms with Crippen LogP contribution in [0.1, 0.15) is 16.7 Å². The molecule has 0 aliphatic carbocycles. The van der Waals surface area contributed by atoms with Crippen molar-refractivity contribution in [2.45, 2.75) is 19.9 Å². The minimum absolute atomic E-state index is 0.952. The summed E-state index contributed by atoms with van der Waals surface area (Å²) >= 11 is 0. The number of aliphatic carboxylic acids is 2. The molecule has 0 radical (unpaired) electrons. The Morgan fingerprint density at radius 2 is 1.43 bits per heavy atom. The van der Waals surface area contributed by atoms with Crippen molar-refractivity contribution in [2.24, 2.45) is 0 Å². The van der Waals surface area contributed by atoms with Crippen molar-refractivity contribution in [3.63, 3.8) is 0 Å². The third-order valence-corrected chi connectivity index (χ3v) is 3.07. The average Bonchev–Trinajstić information content (AvgIpc) is 2.55. The van der Waals surface area contributed by atoms with Gasteiger partial charge in [-0.25, -0.2) is 9.59 Å². The van der Waals surface area contributed by atoms with E-state index in [2.05, 4.69) is 66.8 Å². The summed E-state index contributed by atoms with van der Waals surface area (Å²) in [6.45, 7) is 4.09. The molecule has 0 aliphatic rings. The number of nitrogens with one attached hydrogen (secondary N) is 1. The Morgan fingerprint density at radius 3 is 1.96 bits per heavy atom. The van der Waals surface area contributed by atoms with E-state index in [0.717, 1.165) is 19.5 Å². The van der Waals surface area contributed by atoms with E-state index in [-0.39, 0.29) is 0 Å². The third-order valence-electron chi connectivity index (χ3n) is 3.07. The number of carbonyl (C=O) groups is 2. The summed E-state index contributed by atoms with van der Waals surface area (Å²) in [5.74, 6) is -3.65. The normalized spacial score (nSPS) is 9.61. The van der Waals surface area contributed by atoms with Gasteiger partial charge in [0.1, 0.15) is 0 Å². The molecular weight excluding hydrogens is 294 g/mol. The van der Waals surface area contributed by atoms with Crippen LogP contribution < -0.4 is 5.32 Å². The maximum Gasteiger partial charge on any atom is 0.414 e. The molecule has 5 nitrogen and oxygen atoms in total. The van der Waals surface area contributed by atoms with Gasteiger partial charge in [-0.3, -0.25) is 0 Å². The zero-order chi connectivity index (χ0) is 17.1. The second-order valence-corrected chi connectivity index (χ2v) is 5.01. The number of benzene rings is 2. The molecule has 0 amide bonds. The number of hydrogen-bond acceptors (Lipinski definition) is 3. The van der Waals surface area contributed by atoms with Crippen LogP contribution in [0, 0.1) is 6.92 Å². The molecule has 3 N–H and O–H groups in total. The highest BCUT2D eigenvalue weighted by molar-refractivity contribution is 6.27. The van der Waals surface area contributed by atoms with Gasteiger partial charge in [0.05, 0.1) is 0 Å². The number of aryl methyl sites for hydroxylation is 1. The van der Waals surface area contributed by atoms with Crippen molar-refractivity contribution < 1.29 is 19.8 Å². The van der Waals surface area contributed by atoms with Crippen LogP contribution in [0.3, 0.4) is 0 Å². The molecule has 2 rings (SSSR count). The number of carboxylic acid groups (broad SMARTS) is 2. The lowest BCUT2D eigenvalue weighted by Crippen LogP contribution is -2.16. The Bertz CT molecular complexity index is 597. The quantitative estimate of drug-likeness (QED) is 0.583. The molecule has 2 aromatic carbocycles. The fourth-order valence-corrected chi connectivity index (χ4v) is 1.82. The minimum atomic E-state index is -1.82. The highest BCUT2D eigenvalue weighted by atomic mass is 16.4. The molecule has 122 valence electrons. The van der Waals surface area contributed by atoms with Gasteiger partial charge < -0.3 is 15.5 Å². The van der Waals surface area contributed by atoms with Crippen LogP contribution in [0.15, 0.2) is 54.6 Å². The van der Waals surface area contributed by atoms with Crippen molar-refractivity contribution in [1.29, 1.82) is 0 Å². The average molecular weight is 315 g/mol. The van der Waals surface area contributed by atoms with Crippen molar-refractivity contribution >= 4 is 11.9 Å². The predicted molar refractivity (Wildman–Crippen MR) is 88.3 cm³/mol. The molecule has 5 heteroatoms. The second kappa shape index (κ2) is 10.1. The van der Waals surface area contributed by atoms with Gasteiger partial charge in [0.15, 0.2) is 0 Å². The second-order valence-electron chi connectivity index (χ2n) is 5.01. The van der Waals surface area contributed by atoms with Gasteiger partial charge in [-0.15, -0.1) is 0 Å². The van der Waals surface area contributed by atoms with Crippen LogP contribution in [0.5, 0.6) is 0 Å². The molecule has 0 unspecified atom stereocenters. The van der Waals surface area contributed by atoms with Gasteiger partial charge in [0, 0.05) is 6.54 Å². The van der Waals surface area contributed by atoms with E-state index in [1.807, 2.05) is 0 Å². The molecule has 0 aliphatic heterocycles. The van der Waals surface area contributed by atoms with E-state index < -0.39 is 11.9 Å². The number of rotatable bonds is 5. The summed E-state index contributed by atoms with van der Waals surface area (Å²) in [6.07, 6.45) is 1.09. The lowest BCUT2D eigenvalue weighted by molar-refractivity contribution is -0.159. The Morgan fingerprint density at radius 1 is 0.870 bits per heavy atom. The fraction of sp³-hybridized carbons (Fsp3) is 0.222. The summed E-state index contributed by atoms with van der Waals surface area (Å²) in [5, 5.41) is 18.3. The molecule has 0 saturated heterocycles. The Balaban J connectivity index is 0.000000379. The molecule has 0 atom stereocenters. The van der Waals surface area contributed by atoms with Crippen LogP contribution in [0.25, 0.3) is 0 Å². The number of carboxylic acids is 2. The van der Waals surface area contributed by atoms with E-state index in [1.165, 1.54) is 16.7 Å². The van der Waals surface area contributed by atoms with Crippen LogP contribution in [0.2, 0.25) is 0 Å². The van der Waals surface area contributed by atoms with Crippen molar-refractivity contribution in [3.05, 3.63) is 71.3 Å². The minimum Gasteiger partial charge on any atom is -0.473 e. The SMILES string of the molecule is Cc1ccc(CNCCc2ccccc2)cc1.O=C(O)C(=O)O. The predicted octanol–water partition coefficient (Wildman–Crippen LogP) is 2.48. The highest BCUT2D eigenvalue weighted by Gasteiger charge is 2.04. The largest absolute Gasteiger partial charge is 0.473 e. The third kappa shape index (κ3) is 8.38. The number of hydrogen-bond donors (Lipinski definition) is 3. The lowest BCUT2D eigenvalue weighted by Gasteiger charge is -2.05. The highest BCUT2D eigenvalue weighted by Crippen LogP contribution is 2.03. The van der Waals surface area contributed by atoms with Gasteiger partial charge in [0.25, 0.3) is 0 Å². The molecule has 2 aromatic rings. The standard InChI is InChI=1S/C16H19N.C2H2O4/c1-14-7-9-16(10-8-14)13-17-12-11-15-5-3-2-4-6-15;3-1(4)2(5)6/h2-10,17H,11-13H2,1H3;(H,3,4)(H,5,6). The maximum atomic E-state index is 9.10. The van der Waals surface area contributed by atoms with Crippen LogP contribution in [-0.2, 0) is 22.6 Å². The van der Waals surface area contributed by atoms with Crippen LogP contribution in [-0.4, -0.2) is 28.7 Å². The van der Waals surface area contributed by atoms with E-state index in [9.17, 15) is 0 Å². The van der Waals surface area contributed by atoms with Crippen molar-refractivity contribution in [2.75, 3.05) is 6.54 Å². The van der Waals surface area contributed by atoms with E-state index in [1.54, 1.807) is 0 Å². The first kappa shape index (κ1) is 18.4. The molecule has 0 fully saturated rings. The first-order chi connectivity index (χ1) is 11.0. The molecule has 23 heavy (non-hydrogen) atoms. The fourth-order valence-electron chi connectivity index (χ4n) is 1.82. The first-order valence-corrected chi connectivity index (χ1v) is 7.25. The smallest absolute Gasteiger partial charge is 0.414 e. The van der Waals surface area contributed by atoms with Gasteiger partial charge in [-0.2, -0.15) is 0 Å². The maximum absolute atomic E-state index is 9.10. The lowest BCUT2D eigenvalue weighted by atomic mass is 10.1. The van der Waals surface area contributed by atoms with E-state index >= 15 is 0 Å². The Kier molecular flexibility index (Phi) is 8.10.